The molecule has 5 nitrogen and oxygen atoms in total. The van der Waals surface area contributed by atoms with Crippen LogP contribution in [-0.2, 0) is 16.6 Å². The summed E-state index contributed by atoms with van der Waals surface area (Å²) in [7, 11) is -1.75. The third-order valence-corrected chi connectivity index (χ3v) is 4.12. The second-order valence-corrected chi connectivity index (χ2v) is 5.44. The molecular weight excluding hydrogens is 283 g/mol. The highest BCUT2D eigenvalue weighted by molar-refractivity contribution is 7.84. The van der Waals surface area contributed by atoms with Crippen molar-refractivity contribution in [2.24, 2.45) is 0 Å². The van der Waals surface area contributed by atoms with Crippen molar-refractivity contribution in [3.05, 3.63) is 64.0 Å². The van der Waals surface area contributed by atoms with Crippen LogP contribution in [0.1, 0.15) is 5.56 Å². The van der Waals surface area contributed by atoms with Crippen LogP contribution in [0.4, 0.5) is 15.8 Å². The van der Waals surface area contributed by atoms with E-state index >= 15 is 0 Å². The van der Waals surface area contributed by atoms with E-state index in [4.69, 9.17) is 5.73 Å². The summed E-state index contributed by atoms with van der Waals surface area (Å²) in [6, 6.07) is 9.84. The van der Waals surface area contributed by atoms with Gasteiger partial charge >= 0.3 is 0 Å². The van der Waals surface area contributed by atoms with Gasteiger partial charge < -0.3 is 5.73 Å². The highest BCUT2D eigenvalue weighted by Crippen LogP contribution is 2.26. The van der Waals surface area contributed by atoms with Gasteiger partial charge in [-0.3, -0.25) is 14.3 Å². The Morgan fingerprint density at radius 1 is 1.20 bits per heavy atom. The molecule has 2 N–H and O–H groups in total. The normalized spacial score (nSPS) is 12.1. The van der Waals surface area contributed by atoms with E-state index in [1.807, 2.05) is 0 Å². The Kier molecular flexibility index (Phi) is 4.09. The summed E-state index contributed by atoms with van der Waals surface area (Å²) in [6.07, 6.45) is 0. The van der Waals surface area contributed by atoms with E-state index in [-0.39, 0.29) is 27.6 Å². The first-order valence-electron chi connectivity index (χ1n) is 5.65. The van der Waals surface area contributed by atoms with Crippen LogP contribution in [0.3, 0.4) is 0 Å². The standard InChI is InChI=1S/C13H11FN2O3S/c14-10-4-3-5-11(15)9(10)8-20(19)13-7-2-1-6-12(13)16(17)18/h1-7H,8,15H2. The summed E-state index contributed by atoms with van der Waals surface area (Å²) in [5, 5.41) is 10.9. The number of nitro groups is 1. The summed E-state index contributed by atoms with van der Waals surface area (Å²) < 4.78 is 25.9. The Morgan fingerprint density at radius 2 is 1.90 bits per heavy atom. The first-order chi connectivity index (χ1) is 9.50. The van der Waals surface area contributed by atoms with E-state index in [1.54, 1.807) is 6.07 Å². The van der Waals surface area contributed by atoms with E-state index < -0.39 is 21.5 Å². The lowest BCUT2D eigenvalue weighted by molar-refractivity contribution is -0.387. The van der Waals surface area contributed by atoms with Crippen molar-refractivity contribution in [2.45, 2.75) is 10.6 Å². The number of para-hydroxylation sites is 1. The SMILES string of the molecule is Nc1cccc(F)c1CS(=O)c1ccccc1[N+](=O)[O-]. The summed E-state index contributed by atoms with van der Waals surface area (Å²) in [6.45, 7) is 0. The molecule has 0 saturated heterocycles. The zero-order valence-corrected chi connectivity index (χ0v) is 11.1. The number of halogens is 1. The summed E-state index contributed by atoms with van der Waals surface area (Å²) in [5.74, 6) is -0.777. The summed E-state index contributed by atoms with van der Waals surface area (Å²) >= 11 is 0. The van der Waals surface area contributed by atoms with Crippen LogP contribution in [0.25, 0.3) is 0 Å². The van der Waals surface area contributed by atoms with Crippen molar-refractivity contribution >= 4 is 22.2 Å². The van der Waals surface area contributed by atoms with Crippen LogP contribution in [-0.4, -0.2) is 9.13 Å². The molecule has 0 bridgehead atoms. The smallest absolute Gasteiger partial charge is 0.285 e. The molecule has 0 radical (unpaired) electrons. The van der Waals surface area contributed by atoms with E-state index in [0.29, 0.717) is 0 Å². The Hall–Kier alpha value is -2.28. The van der Waals surface area contributed by atoms with Crippen LogP contribution in [0.5, 0.6) is 0 Å². The lowest BCUT2D eigenvalue weighted by Gasteiger charge is -2.07. The molecule has 0 aliphatic rings. The predicted molar refractivity (Wildman–Crippen MR) is 74.0 cm³/mol. The van der Waals surface area contributed by atoms with Crippen molar-refractivity contribution in [3.63, 3.8) is 0 Å². The third-order valence-electron chi connectivity index (χ3n) is 2.74. The van der Waals surface area contributed by atoms with Gasteiger partial charge in [0.1, 0.15) is 10.7 Å². The van der Waals surface area contributed by atoms with Gasteiger partial charge in [0, 0.05) is 17.3 Å². The van der Waals surface area contributed by atoms with Gasteiger partial charge in [0.05, 0.1) is 21.5 Å². The number of benzene rings is 2. The molecule has 0 aliphatic heterocycles. The molecule has 2 rings (SSSR count). The lowest BCUT2D eigenvalue weighted by Crippen LogP contribution is -2.05. The Morgan fingerprint density at radius 3 is 2.55 bits per heavy atom. The maximum absolute atomic E-state index is 13.6. The second kappa shape index (κ2) is 5.79. The predicted octanol–water partition coefficient (Wildman–Crippen LogP) is 2.62. The van der Waals surface area contributed by atoms with Crippen molar-refractivity contribution in [3.8, 4) is 0 Å². The second-order valence-electron chi connectivity index (χ2n) is 4.02. The van der Waals surface area contributed by atoms with Crippen LogP contribution >= 0.6 is 0 Å². The number of nitro benzene ring substituents is 1. The molecule has 0 saturated carbocycles. The summed E-state index contributed by atoms with van der Waals surface area (Å²) in [5.41, 5.74) is 5.67. The van der Waals surface area contributed by atoms with E-state index in [9.17, 15) is 18.7 Å². The van der Waals surface area contributed by atoms with Crippen molar-refractivity contribution < 1.29 is 13.5 Å². The van der Waals surface area contributed by atoms with Gasteiger partial charge in [-0.05, 0) is 18.2 Å². The average Bonchev–Trinajstić information content (AvgIpc) is 2.43. The van der Waals surface area contributed by atoms with E-state index in [0.717, 1.165) is 0 Å². The van der Waals surface area contributed by atoms with Crippen LogP contribution in [0.2, 0.25) is 0 Å². The highest BCUT2D eigenvalue weighted by atomic mass is 32.2. The van der Waals surface area contributed by atoms with Gasteiger partial charge in [0.25, 0.3) is 5.69 Å². The molecule has 20 heavy (non-hydrogen) atoms. The topological polar surface area (TPSA) is 86.2 Å². The number of rotatable bonds is 4. The highest BCUT2D eigenvalue weighted by Gasteiger charge is 2.20. The number of hydrogen-bond donors (Lipinski definition) is 1. The fraction of sp³-hybridized carbons (Fsp3) is 0.0769. The van der Waals surface area contributed by atoms with Crippen LogP contribution in [0.15, 0.2) is 47.4 Å². The molecule has 0 aromatic heterocycles. The molecule has 2 aromatic rings. The molecule has 0 heterocycles. The number of hydrogen-bond acceptors (Lipinski definition) is 4. The van der Waals surface area contributed by atoms with Gasteiger partial charge in [-0.25, -0.2) is 4.39 Å². The van der Waals surface area contributed by atoms with E-state index in [2.05, 4.69) is 0 Å². The molecule has 7 heteroatoms. The Labute approximate surface area is 116 Å². The first-order valence-corrected chi connectivity index (χ1v) is 6.97. The monoisotopic (exact) mass is 294 g/mol. The molecule has 0 spiro atoms. The first kappa shape index (κ1) is 14.1. The zero-order chi connectivity index (χ0) is 14.7. The molecule has 1 unspecified atom stereocenters. The zero-order valence-electron chi connectivity index (χ0n) is 10.3. The lowest BCUT2D eigenvalue weighted by atomic mass is 10.2. The fourth-order valence-corrected chi connectivity index (χ4v) is 3.07. The number of nitrogen functional groups attached to an aromatic ring is 1. The maximum Gasteiger partial charge on any atom is 0.285 e. The minimum Gasteiger partial charge on any atom is -0.398 e. The van der Waals surface area contributed by atoms with Gasteiger partial charge in [-0.2, -0.15) is 0 Å². The molecule has 2 aromatic carbocycles. The van der Waals surface area contributed by atoms with Crippen LogP contribution in [0, 0.1) is 15.9 Å². The Balaban J connectivity index is 2.36. The van der Waals surface area contributed by atoms with E-state index in [1.165, 1.54) is 36.4 Å². The molecular formula is C13H11FN2O3S. The minimum atomic E-state index is -1.75. The number of anilines is 1. The molecule has 0 amide bonds. The summed E-state index contributed by atoms with van der Waals surface area (Å²) in [4.78, 5) is 10.3. The van der Waals surface area contributed by atoms with Gasteiger partial charge in [0.15, 0.2) is 0 Å². The minimum absolute atomic E-state index is 0.0557. The largest absolute Gasteiger partial charge is 0.398 e. The average molecular weight is 294 g/mol. The van der Waals surface area contributed by atoms with Gasteiger partial charge in [-0.15, -0.1) is 0 Å². The quantitative estimate of drug-likeness (QED) is 0.533. The molecule has 104 valence electrons. The fourth-order valence-electron chi connectivity index (χ4n) is 1.74. The molecule has 1 atom stereocenters. The van der Waals surface area contributed by atoms with Gasteiger partial charge in [0.2, 0.25) is 0 Å². The molecule has 0 fully saturated rings. The van der Waals surface area contributed by atoms with Crippen molar-refractivity contribution in [1.29, 1.82) is 0 Å². The number of nitrogens with two attached hydrogens (primary N) is 1. The number of nitrogens with zero attached hydrogens (tertiary/aromatic N) is 1. The molecule has 0 aliphatic carbocycles. The van der Waals surface area contributed by atoms with Crippen molar-refractivity contribution in [1.82, 2.24) is 0 Å². The van der Waals surface area contributed by atoms with Crippen molar-refractivity contribution in [2.75, 3.05) is 5.73 Å². The third kappa shape index (κ3) is 2.83. The Bertz CT molecular complexity index is 671. The van der Waals surface area contributed by atoms with Gasteiger partial charge in [-0.1, -0.05) is 18.2 Å². The maximum atomic E-state index is 13.6. The van der Waals surface area contributed by atoms with Crippen LogP contribution < -0.4 is 5.73 Å².